The highest BCUT2D eigenvalue weighted by Gasteiger charge is 2.51. The maximum absolute atomic E-state index is 11.6. The van der Waals surface area contributed by atoms with Crippen LogP contribution in [0.1, 0.15) is 26.3 Å². The molecule has 154 valence electrons. The van der Waals surface area contributed by atoms with Crippen molar-refractivity contribution in [2.45, 2.75) is 58.1 Å². The SMILES string of the molecule is CC(=O)O[C@@H]1[C@@H](OC(C)=O)[C@H](O)O[C@H](COCc2ccccc2)[C@H]1OC(C)=O. The Morgan fingerprint density at radius 2 is 1.43 bits per heavy atom. The van der Waals surface area contributed by atoms with Crippen molar-refractivity contribution < 1.29 is 43.2 Å². The van der Waals surface area contributed by atoms with Gasteiger partial charge >= 0.3 is 17.9 Å². The van der Waals surface area contributed by atoms with E-state index in [0.29, 0.717) is 0 Å². The fourth-order valence-corrected chi connectivity index (χ4v) is 2.87. The van der Waals surface area contributed by atoms with E-state index in [1.54, 1.807) is 0 Å². The molecule has 0 bridgehead atoms. The lowest BCUT2D eigenvalue weighted by atomic mass is 9.98. The zero-order chi connectivity index (χ0) is 20.7. The molecule has 1 heterocycles. The average molecular weight is 396 g/mol. The number of rotatable bonds is 7. The van der Waals surface area contributed by atoms with E-state index in [-0.39, 0.29) is 13.2 Å². The predicted molar refractivity (Wildman–Crippen MR) is 93.6 cm³/mol. The molecule has 0 aromatic heterocycles. The molecule has 1 aromatic carbocycles. The predicted octanol–water partition coefficient (Wildman–Crippen LogP) is 0.715. The van der Waals surface area contributed by atoms with Gasteiger partial charge in [-0.3, -0.25) is 14.4 Å². The zero-order valence-electron chi connectivity index (χ0n) is 15.9. The quantitative estimate of drug-likeness (QED) is 0.525. The fraction of sp³-hybridized carbons (Fsp3) is 0.526. The number of hydrogen-bond acceptors (Lipinski definition) is 9. The summed E-state index contributed by atoms with van der Waals surface area (Å²) in [5, 5.41) is 10.3. The van der Waals surface area contributed by atoms with Crippen LogP contribution < -0.4 is 0 Å². The van der Waals surface area contributed by atoms with Gasteiger partial charge in [0.05, 0.1) is 13.2 Å². The molecule has 1 aliphatic rings. The maximum atomic E-state index is 11.6. The molecule has 28 heavy (non-hydrogen) atoms. The largest absolute Gasteiger partial charge is 0.456 e. The van der Waals surface area contributed by atoms with Gasteiger partial charge in [0.2, 0.25) is 0 Å². The molecule has 1 aliphatic heterocycles. The molecule has 0 spiro atoms. The lowest BCUT2D eigenvalue weighted by molar-refractivity contribution is -0.297. The smallest absolute Gasteiger partial charge is 0.303 e. The van der Waals surface area contributed by atoms with Gasteiger partial charge in [-0.2, -0.15) is 0 Å². The number of aliphatic hydroxyl groups is 1. The minimum absolute atomic E-state index is 0.0611. The first kappa shape index (κ1) is 21.8. The van der Waals surface area contributed by atoms with Gasteiger partial charge in [-0.05, 0) is 5.56 Å². The molecular formula is C19H24O9. The Morgan fingerprint density at radius 1 is 0.893 bits per heavy atom. The Bertz CT molecular complexity index is 675. The summed E-state index contributed by atoms with van der Waals surface area (Å²) >= 11 is 0. The summed E-state index contributed by atoms with van der Waals surface area (Å²) in [7, 11) is 0. The molecule has 1 saturated heterocycles. The molecule has 2 rings (SSSR count). The van der Waals surface area contributed by atoms with E-state index in [0.717, 1.165) is 19.4 Å². The first-order valence-corrected chi connectivity index (χ1v) is 8.74. The minimum atomic E-state index is -1.59. The van der Waals surface area contributed by atoms with Gasteiger partial charge in [0.15, 0.2) is 24.6 Å². The number of aliphatic hydroxyl groups excluding tert-OH is 1. The molecule has 9 heteroatoms. The molecule has 1 aromatic rings. The third-order valence-corrected chi connectivity index (χ3v) is 3.91. The van der Waals surface area contributed by atoms with Crippen LogP contribution in [-0.4, -0.2) is 60.3 Å². The van der Waals surface area contributed by atoms with Crippen LogP contribution in [0.4, 0.5) is 0 Å². The van der Waals surface area contributed by atoms with E-state index >= 15 is 0 Å². The topological polar surface area (TPSA) is 118 Å². The summed E-state index contributed by atoms with van der Waals surface area (Å²) in [6.07, 6.45) is -6.27. The number of carbonyl (C=O) groups is 3. The van der Waals surface area contributed by atoms with Gasteiger partial charge in [0.25, 0.3) is 0 Å². The molecule has 0 aliphatic carbocycles. The highest BCUT2D eigenvalue weighted by molar-refractivity contribution is 5.68. The first-order chi connectivity index (χ1) is 13.3. The van der Waals surface area contributed by atoms with E-state index in [1.165, 1.54) is 6.92 Å². The number of hydrogen-bond donors (Lipinski definition) is 1. The van der Waals surface area contributed by atoms with E-state index < -0.39 is 48.6 Å². The second kappa shape index (κ2) is 10.2. The van der Waals surface area contributed by atoms with Crippen LogP contribution in [0.2, 0.25) is 0 Å². The lowest BCUT2D eigenvalue weighted by Gasteiger charge is -2.42. The van der Waals surface area contributed by atoms with Crippen molar-refractivity contribution in [1.82, 2.24) is 0 Å². The molecule has 5 atom stereocenters. The van der Waals surface area contributed by atoms with Crippen LogP contribution in [0.15, 0.2) is 30.3 Å². The monoisotopic (exact) mass is 396 g/mol. The van der Waals surface area contributed by atoms with Crippen LogP contribution in [0.5, 0.6) is 0 Å². The summed E-state index contributed by atoms with van der Waals surface area (Å²) in [6.45, 7) is 3.66. The summed E-state index contributed by atoms with van der Waals surface area (Å²) in [6, 6.07) is 9.35. The summed E-state index contributed by atoms with van der Waals surface area (Å²) in [4.78, 5) is 34.5. The van der Waals surface area contributed by atoms with Crippen molar-refractivity contribution in [3.05, 3.63) is 35.9 Å². The molecule has 0 radical (unpaired) electrons. The van der Waals surface area contributed by atoms with Gasteiger partial charge in [0.1, 0.15) is 6.10 Å². The third-order valence-electron chi connectivity index (χ3n) is 3.91. The van der Waals surface area contributed by atoms with Crippen LogP contribution in [0, 0.1) is 0 Å². The number of benzene rings is 1. The summed E-state index contributed by atoms with van der Waals surface area (Å²) < 4.78 is 26.5. The van der Waals surface area contributed by atoms with Crippen LogP contribution in [0.25, 0.3) is 0 Å². The third kappa shape index (κ3) is 6.29. The first-order valence-electron chi connectivity index (χ1n) is 8.74. The van der Waals surface area contributed by atoms with Crippen LogP contribution in [0.3, 0.4) is 0 Å². The van der Waals surface area contributed by atoms with Gasteiger partial charge < -0.3 is 28.8 Å². The molecule has 0 amide bonds. The van der Waals surface area contributed by atoms with Crippen molar-refractivity contribution in [3.8, 4) is 0 Å². The van der Waals surface area contributed by atoms with Crippen molar-refractivity contribution in [2.24, 2.45) is 0 Å². The molecule has 1 fully saturated rings. The van der Waals surface area contributed by atoms with Crippen LogP contribution >= 0.6 is 0 Å². The Balaban J connectivity index is 2.16. The highest BCUT2D eigenvalue weighted by atomic mass is 16.7. The van der Waals surface area contributed by atoms with E-state index in [2.05, 4.69) is 0 Å². The van der Waals surface area contributed by atoms with Gasteiger partial charge in [-0.1, -0.05) is 30.3 Å². The fourth-order valence-electron chi connectivity index (χ4n) is 2.87. The second-order valence-corrected chi connectivity index (χ2v) is 6.29. The van der Waals surface area contributed by atoms with Crippen molar-refractivity contribution >= 4 is 17.9 Å². The normalized spacial score (nSPS) is 26.9. The Kier molecular flexibility index (Phi) is 7.91. The molecule has 9 nitrogen and oxygen atoms in total. The number of esters is 3. The molecular weight excluding hydrogens is 372 g/mol. The lowest BCUT2D eigenvalue weighted by Crippen LogP contribution is -2.62. The number of ether oxygens (including phenoxy) is 5. The zero-order valence-corrected chi connectivity index (χ0v) is 15.9. The van der Waals surface area contributed by atoms with Crippen molar-refractivity contribution in [2.75, 3.05) is 6.61 Å². The Hall–Kier alpha value is -2.49. The van der Waals surface area contributed by atoms with Crippen molar-refractivity contribution in [3.63, 3.8) is 0 Å². The number of carbonyl (C=O) groups excluding carboxylic acids is 3. The average Bonchev–Trinajstić information content (AvgIpc) is 2.61. The minimum Gasteiger partial charge on any atom is -0.456 e. The van der Waals surface area contributed by atoms with E-state index in [1.807, 2.05) is 30.3 Å². The van der Waals surface area contributed by atoms with Gasteiger partial charge in [-0.15, -0.1) is 0 Å². The van der Waals surface area contributed by atoms with E-state index in [9.17, 15) is 19.5 Å². The molecule has 0 unspecified atom stereocenters. The second-order valence-electron chi connectivity index (χ2n) is 6.29. The Morgan fingerprint density at radius 3 is 2.00 bits per heavy atom. The maximum Gasteiger partial charge on any atom is 0.303 e. The van der Waals surface area contributed by atoms with Gasteiger partial charge in [0, 0.05) is 20.8 Å². The standard InChI is InChI=1S/C19H24O9/c1-11(20)25-16-15(10-24-9-14-7-5-4-6-8-14)28-19(23)18(27-13(3)22)17(16)26-12(2)21/h4-8,15-19,23H,9-10H2,1-3H3/t15-,16-,17+,18-,19-/m1/s1. The van der Waals surface area contributed by atoms with Crippen LogP contribution in [-0.2, 0) is 44.7 Å². The summed E-state index contributed by atoms with van der Waals surface area (Å²) in [5.41, 5.74) is 0.914. The molecule has 1 N–H and O–H groups in total. The Labute approximate surface area is 162 Å². The van der Waals surface area contributed by atoms with Crippen molar-refractivity contribution in [1.29, 1.82) is 0 Å². The molecule has 0 saturated carbocycles. The van der Waals surface area contributed by atoms with E-state index in [4.69, 9.17) is 23.7 Å². The summed E-state index contributed by atoms with van der Waals surface area (Å²) in [5.74, 6) is -2.07. The van der Waals surface area contributed by atoms with Gasteiger partial charge in [-0.25, -0.2) is 0 Å². The highest BCUT2D eigenvalue weighted by Crippen LogP contribution is 2.28.